The average Bonchev–Trinajstić information content (AvgIpc) is 1.96. The van der Waals surface area contributed by atoms with E-state index in [1.165, 1.54) is 4.90 Å². The van der Waals surface area contributed by atoms with Crippen LogP contribution in [0.5, 0.6) is 0 Å². The lowest BCUT2D eigenvalue weighted by atomic mass is 9.92. The molecule has 0 aliphatic heterocycles. The molecule has 1 amide bonds. The highest BCUT2D eigenvalue weighted by atomic mass is 16.4. The first-order valence-electron chi connectivity index (χ1n) is 4.68. The number of carbonyl (C=O) groups is 2. The van der Waals surface area contributed by atoms with Gasteiger partial charge in [-0.15, -0.1) is 0 Å². The topological polar surface area (TPSA) is 57.6 Å². The number of carboxylic acids is 1. The van der Waals surface area contributed by atoms with Gasteiger partial charge in [0.15, 0.2) is 0 Å². The van der Waals surface area contributed by atoms with Crippen LogP contribution in [-0.4, -0.2) is 35.5 Å². The average molecular weight is 201 g/mol. The predicted octanol–water partition coefficient (Wildman–Crippen LogP) is 1.36. The third-order valence-corrected chi connectivity index (χ3v) is 1.77. The SMILES string of the molecule is CN(CCC(=O)O)C(=O)CC(C)(C)C. The van der Waals surface area contributed by atoms with Crippen molar-refractivity contribution in [2.45, 2.75) is 33.6 Å². The molecule has 14 heavy (non-hydrogen) atoms. The Kier molecular flexibility index (Phi) is 4.60. The van der Waals surface area contributed by atoms with E-state index >= 15 is 0 Å². The number of carboxylic acid groups (broad SMARTS) is 1. The lowest BCUT2D eigenvalue weighted by Gasteiger charge is -2.22. The van der Waals surface area contributed by atoms with Crippen LogP contribution in [0.25, 0.3) is 0 Å². The van der Waals surface area contributed by atoms with Crippen LogP contribution in [0.4, 0.5) is 0 Å². The Morgan fingerprint density at radius 2 is 1.79 bits per heavy atom. The Balaban J connectivity index is 3.94. The van der Waals surface area contributed by atoms with Gasteiger partial charge in [0.1, 0.15) is 0 Å². The van der Waals surface area contributed by atoms with Gasteiger partial charge in [-0.3, -0.25) is 9.59 Å². The van der Waals surface area contributed by atoms with Crippen LogP contribution in [0.2, 0.25) is 0 Å². The number of hydrogen-bond donors (Lipinski definition) is 1. The van der Waals surface area contributed by atoms with Gasteiger partial charge in [-0.05, 0) is 5.41 Å². The van der Waals surface area contributed by atoms with Gasteiger partial charge < -0.3 is 10.0 Å². The molecule has 0 saturated heterocycles. The van der Waals surface area contributed by atoms with Gasteiger partial charge in [0, 0.05) is 20.0 Å². The van der Waals surface area contributed by atoms with Gasteiger partial charge in [-0.2, -0.15) is 0 Å². The molecule has 0 unspecified atom stereocenters. The highest BCUT2D eigenvalue weighted by Crippen LogP contribution is 2.19. The van der Waals surface area contributed by atoms with Gasteiger partial charge in [-0.1, -0.05) is 20.8 Å². The van der Waals surface area contributed by atoms with E-state index in [2.05, 4.69) is 0 Å². The maximum atomic E-state index is 11.5. The van der Waals surface area contributed by atoms with Crippen molar-refractivity contribution in [1.29, 1.82) is 0 Å². The number of carbonyl (C=O) groups excluding carboxylic acids is 1. The van der Waals surface area contributed by atoms with E-state index in [-0.39, 0.29) is 24.3 Å². The Morgan fingerprint density at radius 1 is 1.29 bits per heavy atom. The molecule has 0 spiro atoms. The van der Waals surface area contributed by atoms with Gasteiger partial charge in [0.2, 0.25) is 5.91 Å². The summed E-state index contributed by atoms with van der Waals surface area (Å²) in [5.74, 6) is -0.876. The van der Waals surface area contributed by atoms with Crippen molar-refractivity contribution < 1.29 is 14.7 Å². The lowest BCUT2D eigenvalue weighted by Crippen LogP contribution is -2.31. The molecule has 0 saturated carbocycles. The smallest absolute Gasteiger partial charge is 0.305 e. The molecule has 0 atom stereocenters. The molecule has 0 aliphatic carbocycles. The molecule has 0 heterocycles. The summed E-state index contributed by atoms with van der Waals surface area (Å²) in [5.41, 5.74) is -0.0471. The van der Waals surface area contributed by atoms with Crippen LogP contribution in [-0.2, 0) is 9.59 Å². The van der Waals surface area contributed by atoms with Crippen molar-refractivity contribution in [3.8, 4) is 0 Å². The van der Waals surface area contributed by atoms with E-state index in [0.717, 1.165) is 0 Å². The third kappa shape index (κ3) is 6.46. The van der Waals surface area contributed by atoms with Crippen LogP contribution >= 0.6 is 0 Å². The molecular weight excluding hydrogens is 182 g/mol. The highest BCUT2D eigenvalue weighted by molar-refractivity contribution is 5.77. The molecule has 82 valence electrons. The summed E-state index contributed by atoms with van der Waals surface area (Å²) in [6.45, 7) is 6.23. The quantitative estimate of drug-likeness (QED) is 0.747. The minimum atomic E-state index is -0.875. The van der Waals surface area contributed by atoms with Crippen molar-refractivity contribution >= 4 is 11.9 Å². The molecule has 4 nitrogen and oxygen atoms in total. The molecule has 1 N–H and O–H groups in total. The van der Waals surface area contributed by atoms with Gasteiger partial charge in [-0.25, -0.2) is 0 Å². The monoisotopic (exact) mass is 201 g/mol. The predicted molar refractivity (Wildman–Crippen MR) is 54.0 cm³/mol. The van der Waals surface area contributed by atoms with E-state index in [9.17, 15) is 9.59 Å². The van der Waals surface area contributed by atoms with E-state index < -0.39 is 5.97 Å². The van der Waals surface area contributed by atoms with Gasteiger partial charge >= 0.3 is 5.97 Å². The van der Waals surface area contributed by atoms with Crippen molar-refractivity contribution in [3.05, 3.63) is 0 Å². The van der Waals surface area contributed by atoms with Gasteiger partial charge in [0.05, 0.1) is 6.42 Å². The van der Waals surface area contributed by atoms with E-state index in [1.54, 1.807) is 7.05 Å². The largest absolute Gasteiger partial charge is 0.481 e. The maximum absolute atomic E-state index is 11.5. The number of amides is 1. The first-order valence-corrected chi connectivity index (χ1v) is 4.68. The summed E-state index contributed by atoms with van der Waals surface area (Å²) in [6.07, 6.45) is 0.454. The molecule has 0 bridgehead atoms. The number of hydrogen-bond acceptors (Lipinski definition) is 2. The van der Waals surface area contributed by atoms with Crippen molar-refractivity contribution in [3.63, 3.8) is 0 Å². The number of nitrogens with zero attached hydrogens (tertiary/aromatic N) is 1. The first kappa shape index (κ1) is 12.9. The summed E-state index contributed by atoms with van der Waals surface area (Å²) in [7, 11) is 1.64. The maximum Gasteiger partial charge on any atom is 0.305 e. The van der Waals surface area contributed by atoms with E-state index in [1.807, 2.05) is 20.8 Å². The van der Waals surface area contributed by atoms with Crippen LogP contribution in [0, 0.1) is 5.41 Å². The molecular formula is C10H19NO3. The summed E-state index contributed by atoms with van der Waals surface area (Å²) >= 11 is 0. The molecule has 0 aliphatic rings. The summed E-state index contributed by atoms with van der Waals surface area (Å²) in [4.78, 5) is 23.2. The zero-order chi connectivity index (χ0) is 11.4. The van der Waals surface area contributed by atoms with Gasteiger partial charge in [0.25, 0.3) is 0 Å². The minimum absolute atomic E-state index is 0.00116. The van der Waals surface area contributed by atoms with Crippen molar-refractivity contribution in [2.75, 3.05) is 13.6 Å². The number of rotatable bonds is 4. The fourth-order valence-corrected chi connectivity index (χ4v) is 0.977. The Hall–Kier alpha value is -1.06. The second-order valence-corrected chi connectivity index (χ2v) is 4.70. The first-order chi connectivity index (χ1) is 6.22. The normalized spacial score (nSPS) is 11.1. The third-order valence-electron chi connectivity index (χ3n) is 1.77. The lowest BCUT2D eigenvalue weighted by molar-refractivity contribution is -0.138. The fourth-order valence-electron chi connectivity index (χ4n) is 0.977. The highest BCUT2D eigenvalue weighted by Gasteiger charge is 2.18. The molecule has 4 heteroatoms. The summed E-state index contributed by atoms with van der Waals surface area (Å²) in [6, 6.07) is 0. The second-order valence-electron chi connectivity index (χ2n) is 4.70. The van der Waals surface area contributed by atoms with Crippen LogP contribution in [0.1, 0.15) is 33.6 Å². The Bertz CT molecular complexity index is 218. The standard InChI is InChI=1S/C10H19NO3/c1-10(2,3)7-8(12)11(4)6-5-9(13)14/h5-7H2,1-4H3,(H,13,14). The minimum Gasteiger partial charge on any atom is -0.481 e. The molecule has 0 radical (unpaired) electrons. The Labute approximate surface area is 84.9 Å². The molecule has 0 fully saturated rings. The van der Waals surface area contributed by atoms with Crippen LogP contribution < -0.4 is 0 Å². The van der Waals surface area contributed by atoms with Crippen molar-refractivity contribution in [2.24, 2.45) is 5.41 Å². The summed E-state index contributed by atoms with van der Waals surface area (Å²) < 4.78 is 0. The summed E-state index contributed by atoms with van der Waals surface area (Å²) in [5, 5.41) is 8.44. The number of aliphatic carboxylic acids is 1. The van der Waals surface area contributed by atoms with Crippen LogP contribution in [0.3, 0.4) is 0 Å². The van der Waals surface area contributed by atoms with Crippen LogP contribution in [0.15, 0.2) is 0 Å². The zero-order valence-electron chi connectivity index (χ0n) is 9.33. The molecule has 0 rings (SSSR count). The molecule has 0 aromatic carbocycles. The molecule has 0 aromatic heterocycles. The van der Waals surface area contributed by atoms with E-state index in [4.69, 9.17) is 5.11 Å². The van der Waals surface area contributed by atoms with Crippen molar-refractivity contribution in [1.82, 2.24) is 4.90 Å². The zero-order valence-corrected chi connectivity index (χ0v) is 9.33. The molecule has 0 aromatic rings. The second kappa shape index (κ2) is 4.98. The fraction of sp³-hybridized carbons (Fsp3) is 0.800. The van der Waals surface area contributed by atoms with E-state index in [0.29, 0.717) is 6.42 Å². The Morgan fingerprint density at radius 3 is 2.14 bits per heavy atom.